The number of rotatable bonds is 7. The monoisotopic (exact) mass is 255 g/mol. The molecular weight excluding hydrogens is 226 g/mol. The van der Waals surface area contributed by atoms with E-state index in [1.807, 2.05) is 0 Å². The molecule has 0 amide bonds. The molecule has 2 aliphatic carbocycles. The maximum Gasteiger partial charge on any atom is 0.0697 e. The lowest BCUT2D eigenvalue weighted by Gasteiger charge is -2.61. The molecule has 0 aromatic heterocycles. The predicted octanol–water partition coefficient (Wildman–Crippen LogP) is 2.19. The number of hydrogen-bond acceptors (Lipinski definition) is 3. The molecule has 2 N–H and O–H groups in total. The van der Waals surface area contributed by atoms with E-state index >= 15 is 0 Å². The lowest BCUT2D eigenvalue weighted by molar-refractivity contribution is -0.0877. The first-order chi connectivity index (χ1) is 8.68. The third kappa shape index (κ3) is 2.89. The summed E-state index contributed by atoms with van der Waals surface area (Å²) in [7, 11) is 0. The molecule has 3 heteroatoms. The van der Waals surface area contributed by atoms with Crippen LogP contribution < -0.4 is 5.32 Å². The molecule has 0 spiro atoms. The summed E-state index contributed by atoms with van der Waals surface area (Å²) in [5.41, 5.74) is 0.483. The minimum atomic E-state index is 0.132. The van der Waals surface area contributed by atoms with Crippen LogP contribution in [0.3, 0.4) is 0 Å². The SMILES string of the molecule is CC1(C)C(NCCCOCCO)[C@@H]2CCCC[C@@H]21. The molecule has 1 unspecified atom stereocenters. The molecule has 0 radical (unpaired) electrons. The fourth-order valence-electron chi connectivity index (χ4n) is 4.16. The lowest BCUT2D eigenvalue weighted by Crippen LogP contribution is -2.64. The van der Waals surface area contributed by atoms with Crippen molar-refractivity contribution in [1.29, 1.82) is 0 Å². The molecule has 18 heavy (non-hydrogen) atoms. The van der Waals surface area contributed by atoms with E-state index in [0.717, 1.165) is 31.4 Å². The second kappa shape index (κ2) is 6.36. The summed E-state index contributed by atoms with van der Waals surface area (Å²) >= 11 is 0. The van der Waals surface area contributed by atoms with Crippen molar-refractivity contribution in [2.24, 2.45) is 17.3 Å². The van der Waals surface area contributed by atoms with E-state index in [1.165, 1.54) is 25.7 Å². The van der Waals surface area contributed by atoms with Crippen LogP contribution in [0.2, 0.25) is 0 Å². The summed E-state index contributed by atoms with van der Waals surface area (Å²) in [6.45, 7) is 7.27. The number of fused-ring (bicyclic) bond motifs is 1. The van der Waals surface area contributed by atoms with Crippen molar-refractivity contribution in [3.05, 3.63) is 0 Å². The molecule has 0 aromatic carbocycles. The van der Waals surface area contributed by atoms with Gasteiger partial charge in [-0.3, -0.25) is 0 Å². The summed E-state index contributed by atoms with van der Waals surface area (Å²) in [6.07, 6.45) is 6.77. The van der Waals surface area contributed by atoms with Crippen molar-refractivity contribution in [3.8, 4) is 0 Å². The fraction of sp³-hybridized carbons (Fsp3) is 1.00. The van der Waals surface area contributed by atoms with Crippen LogP contribution in [0.15, 0.2) is 0 Å². The van der Waals surface area contributed by atoms with Crippen molar-refractivity contribution in [2.45, 2.75) is 52.0 Å². The summed E-state index contributed by atoms with van der Waals surface area (Å²) < 4.78 is 5.28. The first-order valence-electron chi connectivity index (χ1n) is 7.60. The van der Waals surface area contributed by atoms with E-state index in [0.29, 0.717) is 18.1 Å². The summed E-state index contributed by atoms with van der Waals surface area (Å²) in [4.78, 5) is 0. The van der Waals surface area contributed by atoms with Crippen LogP contribution in [0, 0.1) is 17.3 Å². The zero-order valence-electron chi connectivity index (χ0n) is 12.0. The second-order valence-corrected chi connectivity index (χ2v) is 6.50. The van der Waals surface area contributed by atoms with Gasteiger partial charge in [0.1, 0.15) is 0 Å². The van der Waals surface area contributed by atoms with Gasteiger partial charge in [-0.1, -0.05) is 26.7 Å². The van der Waals surface area contributed by atoms with Crippen LogP contribution in [-0.4, -0.2) is 37.5 Å². The van der Waals surface area contributed by atoms with Crippen LogP contribution in [0.25, 0.3) is 0 Å². The van der Waals surface area contributed by atoms with Crippen molar-refractivity contribution in [1.82, 2.24) is 5.32 Å². The molecule has 2 fully saturated rings. The predicted molar refractivity (Wildman–Crippen MR) is 73.5 cm³/mol. The van der Waals surface area contributed by atoms with E-state index in [-0.39, 0.29) is 6.61 Å². The van der Waals surface area contributed by atoms with Gasteiger partial charge in [0.15, 0.2) is 0 Å². The smallest absolute Gasteiger partial charge is 0.0697 e. The van der Waals surface area contributed by atoms with Gasteiger partial charge in [-0.05, 0) is 43.1 Å². The Morgan fingerprint density at radius 1 is 1.22 bits per heavy atom. The Labute approximate surface area is 111 Å². The van der Waals surface area contributed by atoms with Crippen LogP contribution in [-0.2, 0) is 4.74 Å². The Balaban J connectivity index is 1.66. The molecule has 0 bridgehead atoms. The Morgan fingerprint density at radius 2 is 2.00 bits per heavy atom. The lowest BCUT2D eigenvalue weighted by atomic mass is 9.48. The summed E-state index contributed by atoms with van der Waals surface area (Å²) in [6, 6.07) is 0.709. The van der Waals surface area contributed by atoms with Crippen molar-refractivity contribution < 1.29 is 9.84 Å². The first kappa shape index (κ1) is 14.3. The molecule has 106 valence electrons. The standard InChI is InChI=1S/C15H29NO2/c1-15(2)13-7-4-3-6-12(13)14(15)16-8-5-10-18-11-9-17/h12-14,16-17H,3-11H2,1-2H3/t12-,13+,14?/m1/s1. The van der Waals surface area contributed by atoms with Gasteiger partial charge >= 0.3 is 0 Å². The first-order valence-corrected chi connectivity index (χ1v) is 7.60. The highest BCUT2D eigenvalue weighted by atomic mass is 16.5. The summed E-state index contributed by atoms with van der Waals surface area (Å²) in [5.74, 6) is 1.88. The van der Waals surface area contributed by atoms with Gasteiger partial charge in [0.05, 0.1) is 13.2 Å². The average molecular weight is 255 g/mol. The molecule has 0 aliphatic heterocycles. The highest BCUT2D eigenvalue weighted by Crippen LogP contribution is 2.57. The third-order valence-corrected chi connectivity index (χ3v) is 5.07. The van der Waals surface area contributed by atoms with Crippen LogP contribution >= 0.6 is 0 Å². The second-order valence-electron chi connectivity index (χ2n) is 6.50. The van der Waals surface area contributed by atoms with Crippen LogP contribution in [0.1, 0.15) is 46.0 Å². The van der Waals surface area contributed by atoms with E-state index in [2.05, 4.69) is 19.2 Å². The number of aliphatic hydroxyl groups excluding tert-OH is 1. The largest absolute Gasteiger partial charge is 0.394 e. The Bertz CT molecular complexity index is 255. The van der Waals surface area contributed by atoms with E-state index < -0.39 is 0 Å². The normalized spacial score (nSPS) is 33.8. The highest BCUT2D eigenvalue weighted by Gasteiger charge is 2.55. The quantitative estimate of drug-likeness (QED) is 0.685. The van der Waals surface area contributed by atoms with Crippen molar-refractivity contribution in [2.75, 3.05) is 26.4 Å². The molecular formula is C15H29NO2. The number of hydrogen-bond donors (Lipinski definition) is 2. The molecule has 0 saturated heterocycles. The van der Waals surface area contributed by atoms with E-state index in [4.69, 9.17) is 9.84 Å². The maximum atomic E-state index is 8.62. The minimum absolute atomic E-state index is 0.132. The topological polar surface area (TPSA) is 41.5 Å². The Kier molecular flexibility index (Phi) is 5.05. The fourth-order valence-corrected chi connectivity index (χ4v) is 4.16. The Morgan fingerprint density at radius 3 is 2.78 bits per heavy atom. The van der Waals surface area contributed by atoms with Gasteiger partial charge in [-0.2, -0.15) is 0 Å². The molecule has 3 atom stereocenters. The molecule has 0 aromatic rings. The molecule has 2 saturated carbocycles. The molecule has 2 aliphatic rings. The van der Waals surface area contributed by atoms with Crippen molar-refractivity contribution >= 4 is 0 Å². The van der Waals surface area contributed by atoms with E-state index in [1.54, 1.807) is 0 Å². The van der Waals surface area contributed by atoms with Gasteiger partial charge < -0.3 is 15.2 Å². The van der Waals surface area contributed by atoms with Gasteiger partial charge in [0, 0.05) is 12.6 Å². The van der Waals surface area contributed by atoms with Crippen LogP contribution in [0.5, 0.6) is 0 Å². The van der Waals surface area contributed by atoms with Gasteiger partial charge in [0.2, 0.25) is 0 Å². The molecule has 0 heterocycles. The average Bonchev–Trinajstić information content (AvgIpc) is 2.37. The minimum Gasteiger partial charge on any atom is -0.394 e. The van der Waals surface area contributed by atoms with Gasteiger partial charge in [-0.15, -0.1) is 0 Å². The summed E-state index contributed by atoms with van der Waals surface area (Å²) in [5, 5.41) is 12.4. The zero-order valence-corrected chi connectivity index (χ0v) is 12.0. The van der Waals surface area contributed by atoms with Crippen LogP contribution in [0.4, 0.5) is 0 Å². The van der Waals surface area contributed by atoms with Gasteiger partial charge in [-0.25, -0.2) is 0 Å². The third-order valence-electron chi connectivity index (χ3n) is 5.07. The van der Waals surface area contributed by atoms with E-state index in [9.17, 15) is 0 Å². The molecule has 3 nitrogen and oxygen atoms in total. The zero-order chi connectivity index (χ0) is 13.0. The Hall–Kier alpha value is -0.120. The number of nitrogens with one attached hydrogen (secondary N) is 1. The van der Waals surface area contributed by atoms with Crippen molar-refractivity contribution in [3.63, 3.8) is 0 Å². The molecule has 2 rings (SSSR count). The van der Waals surface area contributed by atoms with Gasteiger partial charge in [0.25, 0.3) is 0 Å². The highest BCUT2D eigenvalue weighted by molar-refractivity contribution is 5.08. The maximum absolute atomic E-state index is 8.62. The number of aliphatic hydroxyl groups is 1. The number of ether oxygens (including phenoxy) is 1.